The maximum Gasteiger partial charge on any atom is 0.261 e. The van der Waals surface area contributed by atoms with Gasteiger partial charge in [-0.2, -0.15) is 0 Å². The molecule has 0 saturated carbocycles. The molecule has 0 unspecified atom stereocenters. The molecular formula is C11H8Cl2N2O2S. The van der Waals surface area contributed by atoms with E-state index < -0.39 is 10.0 Å². The summed E-state index contributed by atoms with van der Waals surface area (Å²) in [4.78, 5) is 3.89. The van der Waals surface area contributed by atoms with E-state index in [1.165, 1.54) is 24.3 Å². The van der Waals surface area contributed by atoms with Gasteiger partial charge in [-0.15, -0.1) is 0 Å². The third-order valence-electron chi connectivity index (χ3n) is 2.07. The van der Waals surface area contributed by atoms with E-state index in [9.17, 15) is 8.42 Å². The monoisotopic (exact) mass is 302 g/mol. The smallest absolute Gasteiger partial charge is 0.261 e. The van der Waals surface area contributed by atoms with Gasteiger partial charge in [0.15, 0.2) is 0 Å². The summed E-state index contributed by atoms with van der Waals surface area (Å²) in [6.07, 6.45) is 0. The molecule has 0 fully saturated rings. The fourth-order valence-corrected chi connectivity index (χ4v) is 2.86. The molecule has 94 valence electrons. The van der Waals surface area contributed by atoms with Crippen molar-refractivity contribution in [2.45, 2.75) is 4.90 Å². The standard InChI is InChI=1S/C11H8Cl2N2O2S/c12-10-6-8(7-11(13)14-10)15-18(16,17)9-4-2-1-3-5-9/h1-7H,(H,14,15). The number of aromatic nitrogens is 1. The SMILES string of the molecule is O=S(=O)(Nc1cc(Cl)nc(Cl)c1)c1ccccc1. The molecule has 0 atom stereocenters. The molecule has 1 heterocycles. The van der Waals surface area contributed by atoms with Crippen molar-refractivity contribution < 1.29 is 8.42 Å². The summed E-state index contributed by atoms with van der Waals surface area (Å²) in [5.41, 5.74) is 0.267. The Morgan fingerprint density at radius 2 is 1.56 bits per heavy atom. The molecule has 7 heteroatoms. The lowest BCUT2D eigenvalue weighted by Crippen LogP contribution is -2.12. The zero-order valence-electron chi connectivity index (χ0n) is 8.97. The minimum absolute atomic E-state index is 0.119. The van der Waals surface area contributed by atoms with Gasteiger partial charge in [0.2, 0.25) is 0 Å². The van der Waals surface area contributed by atoms with E-state index in [-0.39, 0.29) is 20.9 Å². The molecule has 0 aliphatic rings. The quantitative estimate of drug-likeness (QED) is 0.886. The van der Waals surface area contributed by atoms with E-state index in [0.29, 0.717) is 0 Å². The highest BCUT2D eigenvalue weighted by molar-refractivity contribution is 7.92. The lowest BCUT2D eigenvalue weighted by Gasteiger charge is -2.08. The molecule has 0 amide bonds. The van der Waals surface area contributed by atoms with Gasteiger partial charge in [-0.05, 0) is 24.3 Å². The third kappa shape index (κ3) is 3.13. The number of hydrogen-bond acceptors (Lipinski definition) is 3. The Morgan fingerprint density at radius 1 is 1.00 bits per heavy atom. The van der Waals surface area contributed by atoms with Crippen LogP contribution in [0.15, 0.2) is 47.4 Å². The minimum atomic E-state index is -3.64. The van der Waals surface area contributed by atoms with Gasteiger partial charge in [0, 0.05) is 0 Å². The average Bonchev–Trinajstić information content (AvgIpc) is 2.28. The molecule has 1 N–H and O–H groups in total. The highest BCUT2D eigenvalue weighted by atomic mass is 35.5. The molecule has 0 aliphatic heterocycles. The summed E-state index contributed by atoms with van der Waals surface area (Å²) < 4.78 is 26.4. The second kappa shape index (κ2) is 5.14. The lowest BCUT2D eigenvalue weighted by molar-refractivity contribution is 0.601. The topological polar surface area (TPSA) is 59.1 Å². The Hall–Kier alpha value is -1.30. The van der Waals surface area contributed by atoms with Gasteiger partial charge in [-0.1, -0.05) is 41.4 Å². The first-order chi connectivity index (χ1) is 8.47. The number of rotatable bonds is 3. The maximum absolute atomic E-state index is 12.0. The van der Waals surface area contributed by atoms with Crippen molar-refractivity contribution in [3.63, 3.8) is 0 Å². The summed E-state index contributed by atoms with van der Waals surface area (Å²) in [7, 11) is -3.64. The van der Waals surface area contributed by atoms with Crippen molar-refractivity contribution >= 4 is 38.9 Å². The molecule has 0 spiro atoms. The Kier molecular flexibility index (Phi) is 3.75. The van der Waals surface area contributed by atoms with Gasteiger partial charge in [-0.25, -0.2) is 13.4 Å². The van der Waals surface area contributed by atoms with Crippen LogP contribution in [0.1, 0.15) is 0 Å². The number of benzene rings is 1. The fraction of sp³-hybridized carbons (Fsp3) is 0. The third-order valence-corrected chi connectivity index (χ3v) is 3.85. The van der Waals surface area contributed by atoms with Gasteiger partial charge >= 0.3 is 0 Å². The average molecular weight is 303 g/mol. The Morgan fingerprint density at radius 3 is 2.11 bits per heavy atom. The molecular weight excluding hydrogens is 295 g/mol. The van der Waals surface area contributed by atoms with Crippen LogP contribution in [0.3, 0.4) is 0 Å². The van der Waals surface area contributed by atoms with Crippen LogP contribution < -0.4 is 4.72 Å². The molecule has 0 saturated heterocycles. The van der Waals surface area contributed by atoms with E-state index in [1.807, 2.05) is 0 Å². The van der Waals surface area contributed by atoms with Gasteiger partial charge in [-0.3, -0.25) is 4.72 Å². The molecule has 1 aromatic heterocycles. The van der Waals surface area contributed by atoms with Gasteiger partial charge < -0.3 is 0 Å². The zero-order valence-corrected chi connectivity index (χ0v) is 11.3. The first kappa shape index (κ1) is 13.1. The normalized spacial score (nSPS) is 11.2. The molecule has 0 radical (unpaired) electrons. The summed E-state index contributed by atoms with van der Waals surface area (Å²) in [6, 6.07) is 10.8. The number of hydrogen-bond donors (Lipinski definition) is 1. The van der Waals surface area contributed by atoms with Crippen molar-refractivity contribution in [1.82, 2.24) is 4.98 Å². The van der Waals surface area contributed by atoms with Crippen LogP contribution in [0.25, 0.3) is 0 Å². The predicted molar refractivity (Wildman–Crippen MR) is 71.5 cm³/mol. The number of nitrogens with zero attached hydrogens (tertiary/aromatic N) is 1. The highest BCUT2D eigenvalue weighted by Gasteiger charge is 2.14. The Balaban J connectivity index is 2.34. The van der Waals surface area contributed by atoms with Crippen molar-refractivity contribution in [3.8, 4) is 0 Å². The summed E-state index contributed by atoms with van der Waals surface area (Å²) in [5.74, 6) is 0. The fourth-order valence-electron chi connectivity index (χ4n) is 1.34. The molecule has 0 aliphatic carbocycles. The zero-order chi connectivity index (χ0) is 13.2. The Bertz CT molecular complexity index is 640. The molecule has 2 aromatic rings. The van der Waals surface area contributed by atoms with Crippen molar-refractivity contribution in [2.24, 2.45) is 0 Å². The van der Waals surface area contributed by atoms with Gasteiger partial charge in [0.25, 0.3) is 10.0 Å². The first-order valence-electron chi connectivity index (χ1n) is 4.88. The number of pyridine rings is 1. The largest absolute Gasteiger partial charge is 0.279 e. The van der Waals surface area contributed by atoms with Crippen molar-refractivity contribution in [3.05, 3.63) is 52.8 Å². The minimum Gasteiger partial charge on any atom is -0.279 e. The van der Waals surface area contributed by atoms with Crippen molar-refractivity contribution in [2.75, 3.05) is 4.72 Å². The predicted octanol–water partition coefficient (Wildman–Crippen LogP) is 3.19. The van der Waals surface area contributed by atoms with E-state index in [1.54, 1.807) is 18.2 Å². The molecule has 0 bridgehead atoms. The van der Waals surface area contributed by atoms with Crippen LogP contribution in [0.4, 0.5) is 5.69 Å². The van der Waals surface area contributed by atoms with Gasteiger partial charge in [0.1, 0.15) is 10.3 Å². The number of sulfonamides is 1. The van der Waals surface area contributed by atoms with Crippen LogP contribution in [-0.2, 0) is 10.0 Å². The molecule has 18 heavy (non-hydrogen) atoms. The molecule has 4 nitrogen and oxygen atoms in total. The van der Waals surface area contributed by atoms with E-state index in [2.05, 4.69) is 9.71 Å². The van der Waals surface area contributed by atoms with Crippen molar-refractivity contribution in [1.29, 1.82) is 0 Å². The van der Waals surface area contributed by atoms with E-state index in [0.717, 1.165) is 0 Å². The second-order valence-electron chi connectivity index (χ2n) is 3.42. The van der Waals surface area contributed by atoms with Crippen LogP contribution in [0.2, 0.25) is 10.3 Å². The Labute approximate surface area is 115 Å². The van der Waals surface area contributed by atoms with Crippen LogP contribution >= 0.6 is 23.2 Å². The van der Waals surface area contributed by atoms with Crippen LogP contribution in [0, 0.1) is 0 Å². The van der Waals surface area contributed by atoms with Crippen LogP contribution in [-0.4, -0.2) is 13.4 Å². The number of halogens is 2. The lowest BCUT2D eigenvalue weighted by atomic mass is 10.4. The summed E-state index contributed by atoms with van der Waals surface area (Å²) in [5, 5.41) is 0.238. The van der Waals surface area contributed by atoms with Gasteiger partial charge in [0.05, 0.1) is 10.6 Å². The number of nitrogens with one attached hydrogen (secondary N) is 1. The summed E-state index contributed by atoms with van der Waals surface area (Å²) >= 11 is 11.4. The maximum atomic E-state index is 12.0. The van der Waals surface area contributed by atoms with Crippen LogP contribution in [0.5, 0.6) is 0 Å². The molecule has 2 rings (SSSR count). The van der Waals surface area contributed by atoms with E-state index >= 15 is 0 Å². The second-order valence-corrected chi connectivity index (χ2v) is 5.88. The highest BCUT2D eigenvalue weighted by Crippen LogP contribution is 2.21. The number of anilines is 1. The molecule has 1 aromatic carbocycles. The summed E-state index contributed by atoms with van der Waals surface area (Å²) in [6.45, 7) is 0. The first-order valence-corrected chi connectivity index (χ1v) is 7.12. The van der Waals surface area contributed by atoms with E-state index in [4.69, 9.17) is 23.2 Å².